The normalized spacial score (nSPS) is 26.6. The number of carboxylic acid groups (broad SMARTS) is 1. The fourth-order valence-electron chi connectivity index (χ4n) is 2.37. The van der Waals surface area contributed by atoms with Gasteiger partial charge in [0.05, 0.1) is 5.92 Å². The molecule has 1 rings (SSSR count). The van der Waals surface area contributed by atoms with Crippen LogP contribution in [0.4, 0.5) is 0 Å². The van der Waals surface area contributed by atoms with Crippen LogP contribution in [0.1, 0.15) is 46.0 Å². The van der Waals surface area contributed by atoms with Crippen LogP contribution < -0.4 is 0 Å². The lowest BCUT2D eigenvalue weighted by atomic mass is 9.75. The molecule has 0 spiro atoms. The Morgan fingerprint density at radius 1 is 1.20 bits per heavy atom. The lowest BCUT2D eigenvalue weighted by molar-refractivity contribution is -0.148. The molecule has 3 heteroatoms. The van der Waals surface area contributed by atoms with Gasteiger partial charge in [-0.05, 0) is 18.8 Å². The molecule has 0 saturated heterocycles. The van der Waals surface area contributed by atoms with Crippen LogP contribution in [0.25, 0.3) is 0 Å². The molecule has 2 atom stereocenters. The third-order valence-corrected chi connectivity index (χ3v) is 3.11. The van der Waals surface area contributed by atoms with Crippen molar-refractivity contribution < 1.29 is 14.7 Å². The second kappa shape index (κ2) is 5.29. The number of carbonyl (C=O) groups excluding carboxylic acids is 1. The number of carboxylic acids is 1. The van der Waals surface area contributed by atoms with E-state index in [1.807, 2.05) is 13.8 Å². The first-order valence-corrected chi connectivity index (χ1v) is 5.78. The first-order chi connectivity index (χ1) is 7.02. The minimum Gasteiger partial charge on any atom is -0.481 e. The molecule has 0 aromatic heterocycles. The van der Waals surface area contributed by atoms with Gasteiger partial charge >= 0.3 is 5.97 Å². The summed E-state index contributed by atoms with van der Waals surface area (Å²) < 4.78 is 0. The summed E-state index contributed by atoms with van der Waals surface area (Å²) in [6, 6.07) is 0. The summed E-state index contributed by atoms with van der Waals surface area (Å²) >= 11 is 0. The van der Waals surface area contributed by atoms with Gasteiger partial charge in [0.2, 0.25) is 0 Å². The Hall–Kier alpha value is -0.860. The van der Waals surface area contributed by atoms with Crippen molar-refractivity contribution in [2.75, 3.05) is 0 Å². The highest BCUT2D eigenvalue weighted by Gasteiger charge is 2.35. The maximum Gasteiger partial charge on any atom is 0.307 e. The molecule has 0 bridgehead atoms. The van der Waals surface area contributed by atoms with Gasteiger partial charge in [0.1, 0.15) is 5.78 Å². The van der Waals surface area contributed by atoms with Crippen molar-refractivity contribution in [3.8, 4) is 0 Å². The SMILES string of the molecule is CC(C)CC(=O)[C@@H]1CCCC[C@H]1C(=O)O. The summed E-state index contributed by atoms with van der Waals surface area (Å²) in [7, 11) is 0. The van der Waals surface area contributed by atoms with E-state index in [9.17, 15) is 9.59 Å². The van der Waals surface area contributed by atoms with E-state index in [0.29, 0.717) is 18.8 Å². The first-order valence-electron chi connectivity index (χ1n) is 5.78. The van der Waals surface area contributed by atoms with E-state index < -0.39 is 11.9 Å². The van der Waals surface area contributed by atoms with E-state index in [0.717, 1.165) is 19.3 Å². The zero-order valence-electron chi connectivity index (χ0n) is 9.53. The number of hydrogen-bond donors (Lipinski definition) is 1. The van der Waals surface area contributed by atoms with Crippen LogP contribution in [0, 0.1) is 17.8 Å². The number of Topliss-reactive ketones (excluding diaryl/α,β-unsaturated/α-hetero) is 1. The summed E-state index contributed by atoms with van der Waals surface area (Å²) in [5.41, 5.74) is 0. The molecule has 86 valence electrons. The zero-order valence-corrected chi connectivity index (χ0v) is 9.53. The van der Waals surface area contributed by atoms with Crippen LogP contribution in [0.2, 0.25) is 0 Å². The van der Waals surface area contributed by atoms with Crippen LogP contribution >= 0.6 is 0 Å². The average Bonchev–Trinajstić information content (AvgIpc) is 2.16. The molecule has 0 radical (unpaired) electrons. The highest BCUT2D eigenvalue weighted by molar-refractivity contribution is 5.86. The molecular formula is C12H20O3. The van der Waals surface area contributed by atoms with E-state index in [1.54, 1.807) is 0 Å². The van der Waals surface area contributed by atoms with E-state index in [4.69, 9.17) is 5.11 Å². The van der Waals surface area contributed by atoms with Crippen LogP contribution in [0.3, 0.4) is 0 Å². The molecule has 1 aliphatic rings. The van der Waals surface area contributed by atoms with Crippen molar-refractivity contribution in [2.45, 2.75) is 46.0 Å². The van der Waals surface area contributed by atoms with Crippen molar-refractivity contribution >= 4 is 11.8 Å². The molecular weight excluding hydrogens is 192 g/mol. The fraction of sp³-hybridized carbons (Fsp3) is 0.833. The van der Waals surface area contributed by atoms with E-state index in [1.165, 1.54) is 0 Å². The molecule has 3 nitrogen and oxygen atoms in total. The van der Waals surface area contributed by atoms with Crippen LogP contribution in [0.5, 0.6) is 0 Å². The monoisotopic (exact) mass is 212 g/mol. The first kappa shape index (κ1) is 12.2. The number of ketones is 1. The van der Waals surface area contributed by atoms with E-state index in [2.05, 4.69) is 0 Å². The minimum atomic E-state index is -0.795. The standard InChI is InChI=1S/C12H20O3/c1-8(2)7-11(13)9-5-3-4-6-10(9)12(14)15/h8-10H,3-7H2,1-2H3,(H,14,15)/t9-,10-/m1/s1. The Labute approximate surface area is 90.9 Å². The smallest absolute Gasteiger partial charge is 0.307 e. The lowest BCUT2D eigenvalue weighted by Crippen LogP contribution is -2.33. The van der Waals surface area contributed by atoms with Gasteiger partial charge in [-0.25, -0.2) is 0 Å². The third kappa shape index (κ3) is 3.33. The van der Waals surface area contributed by atoms with Crippen molar-refractivity contribution in [3.63, 3.8) is 0 Å². The molecule has 0 aliphatic heterocycles. The molecule has 0 unspecified atom stereocenters. The molecule has 15 heavy (non-hydrogen) atoms. The zero-order chi connectivity index (χ0) is 11.4. The maximum absolute atomic E-state index is 11.9. The topological polar surface area (TPSA) is 54.4 Å². The van der Waals surface area contributed by atoms with Crippen LogP contribution in [0.15, 0.2) is 0 Å². The largest absolute Gasteiger partial charge is 0.481 e. The van der Waals surface area contributed by atoms with Crippen LogP contribution in [-0.2, 0) is 9.59 Å². The van der Waals surface area contributed by atoms with Gasteiger partial charge in [-0.1, -0.05) is 26.7 Å². The summed E-state index contributed by atoms with van der Waals surface area (Å²) in [6.45, 7) is 3.99. The van der Waals surface area contributed by atoms with Gasteiger partial charge in [0, 0.05) is 12.3 Å². The summed E-state index contributed by atoms with van der Waals surface area (Å²) in [5.74, 6) is -0.966. The maximum atomic E-state index is 11.9. The van der Waals surface area contributed by atoms with Gasteiger partial charge in [-0.3, -0.25) is 9.59 Å². The van der Waals surface area contributed by atoms with Gasteiger partial charge in [0.25, 0.3) is 0 Å². The molecule has 1 N–H and O–H groups in total. The van der Waals surface area contributed by atoms with Crippen molar-refractivity contribution in [3.05, 3.63) is 0 Å². The molecule has 0 aromatic rings. The number of carbonyl (C=O) groups is 2. The lowest BCUT2D eigenvalue weighted by Gasteiger charge is -2.27. The Morgan fingerprint density at radius 2 is 1.73 bits per heavy atom. The Bertz CT molecular complexity index is 245. The van der Waals surface area contributed by atoms with Gasteiger partial charge in [-0.2, -0.15) is 0 Å². The number of hydrogen-bond acceptors (Lipinski definition) is 2. The second-order valence-electron chi connectivity index (χ2n) is 4.90. The summed E-state index contributed by atoms with van der Waals surface area (Å²) in [6.07, 6.45) is 3.90. The van der Waals surface area contributed by atoms with Crippen molar-refractivity contribution in [1.82, 2.24) is 0 Å². The molecule has 0 heterocycles. The highest BCUT2D eigenvalue weighted by Crippen LogP contribution is 2.32. The Balaban J connectivity index is 2.63. The highest BCUT2D eigenvalue weighted by atomic mass is 16.4. The number of aliphatic carboxylic acids is 1. The minimum absolute atomic E-state index is 0.150. The van der Waals surface area contributed by atoms with Crippen molar-refractivity contribution in [2.24, 2.45) is 17.8 Å². The summed E-state index contributed by atoms with van der Waals surface area (Å²) in [5, 5.41) is 9.04. The molecule has 0 aromatic carbocycles. The van der Waals surface area contributed by atoms with Gasteiger partial charge in [0.15, 0.2) is 0 Å². The second-order valence-corrected chi connectivity index (χ2v) is 4.90. The van der Waals surface area contributed by atoms with Gasteiger partial charge < -0.3 is 5.11 Å². The molecule has 1 saturated carbocycles. The Morgan fingerprint density at radius 3 is 2.20 bits per heavy atom. The predicted molar refractivity (Wildman–Crippen MR) is 57.5 cm³/mol. The molecule has 0 amide bonds. The number of rotatable bonds is 4. The molecule has 1 aliphatic carbocycles. The Kier molecular flexibility index (Phi) is 4.30. The predicted octanol–water partition coefficient (Wildman–Crippen LogP) is 2.49. The summed E-state index contributed by atoms with van der Waals surface area (Å²) in [4.78, 5) is 22.9. The fourth-order valence-corrected chi connectivity index (χ4v) is 2.37. The quantitative estimate of drug-likeness (QED) is 0.779. The molecule has 1 fully saturated rings. The third-order valence-electron chi connectivity index (χ3n) is 3.11. The average molecular weight is 212 g/mol. The van der Waals surface area contributed by atoms with E-state index in [-0.39, 0.29) is 11.7 Å². The van der Waals surface area contributed by atoms with Crippen molar-refractivity contribution in [1.29, 1.82) is 0 Å². The van der Waals surface area contributed by atoms with E-state index >= 15 is 0 Å². The van der Waals surface area contributed by atoms with Gasteiger partial charge in [-0.15, -0.1) is 0 Å². The van der Waals surface area contributed by atoms with Crippen LogP contribution in [-0.4, -0.2) is 16.9 Å².